The maximum atomic E-state index is 12.3. The summed E-state index contributed by atoms with van der Waals surface area (Å²) in [5.41, 5.74) is 1.90. The largest absolute Gasteiger partial charge is 0.486 e. The maximum Gasteiger partial charge on any atom is 0.338 e. The second kappa shape index (κ2) is 9.80. The molecular weight excluding hydrogens is 378 g/mol. The van der Waals surface area contributed by atoms with Gasteiger partial charge in [-0.15, -0.1) is 12.4 Å². The Balaban J connectivity index is 0.00000225. The second-order valence-electron chi connectivity index (χ2n) is 7.04. The average Bonchev–Trinajstić information content (AvgIpc) is 2.74. The first kappa shape index (κ1) is 20.5. The summed E-state index contributed by atoms with van der Waals surface area (Å²) in [5.74, 6) is 1.53. The quantitative estimate of drug-likeness (QED) is 0.708. The lowest BCUT2D eigenvalue weighted by atomic mass is 9.91. The fourth-order valence-electron chi connectivity index (χ4n) is 3.78. The Morgan fingerprint density at radius 2 is 1.86 bits per heavy atom. The molecule has 0 N–H and O–H groups in total. The molecule has 0 saturated carbocycles. The Bertz CT molecular complexity index is 783. The van der Waals surface area contributed by atoms with Gasteiger partial charge in [-0.3, -0.25) is 4.90 Å². The van der Waals surface area contributed by atoms with Crippen molar-refractivity contribution in [3.63, 3.8) is 0 Å². The zero-order chi connectivity index (χ0) is 18.5. The first-order valence-corrected chi connectivity index (χ1v) is 9.64. The highest BCUT2D eigenvalue weighted by atomic mass is 35.5. The molecule has 1 saturated heterocycles. The number of hydrogen-bond acceptors (Lipinski definition) is 5. The van der Waals surface area contributed by atoms with Crippen LogP contribution in [-0.4, -0.2) is 50.3 Å². The van der Waals surface area contributed by atoms with Crippen LogP contribution in [0.2, 0.25) is 0 Å². The van der Waals surface area contributed by atoms with Gasteiger partial charge in [0.2, 0.25) is 0 Å². The number of nitrogens with zero attached hydrogens (tertiary/aromatic N) is 1. The van der Waals surface area contributed by atoms with Gasteiger partial charge in [0.1, 0.15) is 19.8 Å². The lowest BCUT2D eigenvalue weighted by Gasteiger charge is -2.32. The molecule has 1 unspecified atom stereocenters. The predicted molar refractivity (Wildman–Crippen MR) is 110 cm³/mol. The first-order valence-electron chi connectivity index (χ1n) is 9.64. The Hall–Kier alpha value is -2.24. The predicted octanol–water partition coefficient (Wildman–Crippen LogP) is 3.92. The van der Waals surface area contributed by atoms with Crippen molar-refractivity contribution in [1.82, 2.24) is 4.90 Å². The molecule has 150 valence electrons. The van der Waals surface area contributed by atoms with Gasteiger partial charge in [0, 0.05) is 13.1 Å². The number of halogens is 1. The minimum absolute atomic E-state index is 0. The van der Waals surface area contributed by atoms with Crippen LogP contribution in [0, 0.1) is 0 Å². The van der Waals surface area contributed by atoms with E-state index in [1.54, 1.807) is 18.2 Å². The van der Waals surface area contributed by atoms with Crippen LogP contribution >= 0.6 is 12.4 Å². The van der Waals surface area contributed by atoms with Crippen molar-refractivity contribution in [2.45, 2.75) is 18.8 Å². The van der Waals surface area contributed by atoms with Crippen LogP contribution in [0.15, 0.2) is 48.5 Å². The number of carbonyl (C=O) groups excluding carboxylic acids is 1. The molecule has 0 bridgehead atoms. The molecule has 0 aliphatic carbocycles. The Labute approximate surface area is 172 Å². The van der Waals surface area contributed by atoms with E-state index < -0.39 is 0 Å². The number of rotatable bonds is 5. The monoisotopic (exact) mass is 403 g/mol. The molecule has 5 nitrogen and oxygen atoms in total. The van der Waals surface area contributed by atoms with Crippen LogP contribution in [0.4, 0.5) is 0 Å². The summed E-state index contributed by atoms with van der Waals surface area (Å²) in [4.78, 5) is 14.7. The molecule has 1 atom stereocenters. The molecule has 28 heavy (non-hydrogen) atoms. The van der Waals surface area contributed by atoms with E-state index in [9.17, 15) is 4.79 Å². The van der Waals surface area contributed by atoms with E-state index in [1.165, 1.54) is 18.4 Å². The van der Waals surface area contributed by atoms with Crippen LogP contribution < -0.4 is 9.47 Å². The zero-order valence-electron chi connectivity index (χ0n) is 15.8. The number of benzene rings is 2. The van der Waals surface area contributed by atoms with Gasteiger partial charge in [-0.05, 0) is 49.1 Å². The van der Waals surface area contributed by atoms with Gasteiger partial charge in [0.15, 0.2) is 11.5 Å². The van der Waals surface area contributed by atoms with Crippen molar-refractivity contribution in [2.24, 2.45) is 0 Å². The molecular formula is C22H26ClNO4. The molecule has 2 aromatic carbocycles. The molecule has 6 heteroatoms. The lowest BCUT2D eigenvalue weighted by Crippen LogP contribution is -2.37. The van der Waals surface area contributed by atoms with Gasteiger partial charge in [-0.2, -0.15) is 0 Å². The van der Waals surface area contributed by atoms with Gasteiger partial charge in [-0.1, -0.05) is 30.3 Å². The highest BCUT2D eigenvalue weighted by molar-refractivity contribution is 5.90. The number of piperidine rings is 1. The summed E-state index contributed by atoms with van der Waals surface area (Å²) >= 11 is 0. The zero-order valence-corrected chi connectivity index (χ0v) is 16.7. The summed E-state index contributed by atoms with van der Waals surface area (Å²) in [6.45, 7) is 4.28. The summed E-state index contributed by atoms with van der Waals surface area (Å²) in [5, 5.41) is 0. The lowest BCUT2D eigenvalue weighted by molar-refractivity contribution is 0.0445. The van der Waals surface area contributed by atoms with Gasteiger partial charge in [-0.25, -0.2) is 4.79 Å². The number of hydrogen-bond donors (Lipinski definition) is 0. The van der Waals surface area contributed by atoms with Gasteiger partial charge < -0.3 is 14.2 Å². The van der Waals surface area contributed by atoms with Crippen molar-refractivity contribution >= 4 is 18.4 Å². The van der Waals surface area contributed by atoms with E-state index in [0.717, 1.165) is 19.6 Å². The third kappa shape index (κ3) is 4.97. The number of ether oxygens (including phenoxy) is 3. The van der Waals surface area contributed by atoms with Crippen LogP contribution in [0.3, 0.4) is 0 Å². The highest BCUT2D eigenvalue weighted by Gasteiger charge is 2.21. The van der Waals surface area contributed by atoms with Gasteiger partial charge in [0.25, 0.3) is 0 Å². The summed E-state index contributed by atoms with van der Waals surface area (Å²) in [6.07, 6.45) is 2.40. The van der Waals surface area contributed by atoms with Gasteiger partial charge in [0.05, 0.1) is 5.56 Å². The van der Waals surface area contributed by atoms with Crippen LogP contribution in [0.1, 0.15) is 34.7 Å². The normalized spacial score (nSPS) is 18.8. The van der Waals surface area contributed by atoms with Crippen molar-refractivity contribution in [1.29, 1.82) is 0 Å². The second-order valence-corrected chi connectivity index (χ2v) is 7.04. The van der Waals surface area contributed by atoms with E-state index in [1.807, 2.05) is 0 Å². The van der Waals surface area contributed by atoms with Crippen LogP contribution in [0.25, 0.3) is 0 Å². The number of likely N-dealkylation sites (tertiary alicyclic amines) is 1. The summed E-state index contributed by atoms with van der Waals surface area (Å²) in [6, 6.07) is 15.9. The van der Waals surface area contributed by atoms with E-state index >= 15 is 0 Å². The van der Waals surface area contributed by atoms with E-state index in [-0.39, 0.29) is 18.4 Å². The summed E-state index contributed by atoms with van der Waals surface area (Å²) in [7, 11) is 0. The third-order valence-electron chi connectivity index (χ3n) is 5.20. The fourth-order valence-corrected chi connectivity index (χ4v) is 3.78. The number of fused-ring (bicyclic) bond motifs is 1. The van der Waals surface area contributed by atoms with Crippen molar-refractivity contribution < 1.29 is 19.0 Å². The van der Waals surface area contributed by atoms with Crippen molar-refractivity contribution in [2.75, 3.05) is 39.5 Å². The Morgan fingerprint density at radius 1 is 1.07 bits per heavy atom. The topological polar surface area (TPSA) is 48.0 Å². The summed E-state index contributed by atoms with van der Waals surface area (Å²) < 4.78 is 16.5. The fraction of sp³-hybridized carbons (Fsp3) is 0.409. The number of carbonyl (C=O) groups is 1. The molecule has 0 radical (unpaired) electrons. The minimum Gasteiger partial charge on any atom is -0.486 e. The van der Waals surface area contributed by atoms with E-state index in [2.05, 4.69) is 35.2 Å². The Kier molecular flexibility index (Phi) is 7.18. The SMILES string of the molecule is Cl.O=C(OCCN1CCCC(c2ccccc2)C1)c1ccc2c(c1)OCCO2. The minimum atomic E-state index is -0.316. The molecule has 1 fully saturated rings. The molecule has 0 amide bonds. The number of esters is 1. The van der Waals surface area contributed by atoms with Gasteiger partial charge >= 0.3 is 5.97 Å². The molecule has 0 aromatic heterocycles. The molecule has 2 aliphatic rings. The molecule has 2 aliphatic heterocycles. The molecule has 4 rings (SSSR count). The van der Waals surface area contributed by atoms with E-state index in [4.69, 9.17) is 14.2 Å². The van der Waals surface area contributed by atoms with Crippen LogP contribution in [0.5, 0.6) is 11.5 Å². The molecule has 2 heterocycles. The van der Waals surface area contributed by atoms with Crippen molar-refractivity contribution in [3.8, 4) is 11.5 Å². The average molecular weight is 404 g/mol. The van der Waals surface area contributed by atoms with Crippen LogP contribution in [-0.2, 0) is 4.74 Å². The molecule has 0 spiro atoms. The smallest absolute Gasteiger partial charge is 0.338 e. The Morgan fingerprint density at radius 3 is 2.68 bits per heavy atom. The molecule has 2 aromatic rings. The van der Waals surface area contributed by atoms with E-state index in [0.29, 0.717) is 42.8 Å². The maximum absolute atomic E-state index is 12.3. The first-order chi connectivity index (χ1) is 13.3. The highest BCUT2D eigenvalue weighted by Crippen LogP contribution is 2.31. The van der Waals surface area contributed by atoms with Crippen molar-refractivity contribution in [3.05, 3.63) is 59.7 Å². The third-order valence-corrected chi connectivity index (χ3v) is 5.20. The standard InChI is InChI=1S/C22H25NO4.ClH/c24-22(18-8-9-20-21(15-18)26-14-13-25-20)27-12-11-23-10-4-7-19(16-23)17-5-2-1-3-6-17;/h1-3,5-6,8-9,15,19H,4,7,10-14,16H2;1H.